The second-order valence-corrected chi connectivity index (χ2v) is 7.22. The lowest BCUT2D eigenvalue weighted by Gasteiger charge is -2.06. The number of aromatic nitrogens is 2. The van der Waals surface area contributed by atoms with Crippen LogP contribution in [0.15, 0.2) is 29.2 Å². The average molecular weight is 344 g/mol. The summed E-state index contributed by atoms with van der Waals surface area (Å²) >= 11 is 1.22. The average Bonchev–Trinajstić information content (AvgIpc) is 2.84. The molecule has 0 fully saturated rings. The molecule has 1 heterocycles. The summed E-state index contributed by atoms with van der Waals surface area (Å²) in [5, 5.41) is 11.1. The molecule has 0 spiro atoms. The molecule has 2 N–H and O–H groups in total. The summed E-state index contributed by atoms with van der Waals surface area (Å²) in [6.07, 6.45) is -0.0565. The predicted octanol–water partition coefficient (Wildman–Crippen LogP) is 1.29. The van der Waals surface area contributed by atoms with Crippen LogP contribution < -0.4 is 10.0 Å². The van der Waals surface area contributed by atoms with E-state index in [-0.39, 0.29) is 23.8 Å². The van der Waals surface area contributed by atoms with Gasteiger partial charge in [0.1, 0.15) is 10.8 Å². The minimum absolute atomic E-state index is 0.0565. The highest BCUT2D eigenvalue weighted by Gasteiger charge is 2.14. The Morgan fingerprint density at radius 1 is 1.27 bits per heavy atom. The van der Waals surface area contributed by atoms with Gasteiger partial charge in [-0.2, -0.15) is 0 Å². The van der Waals surface area contributed by atoms with Crippen molar-refractivity contribution in [2.75, 3.05) is 11.9 Å². The topological polar surface area (TPSA) is 101 Å². The van der Waals surface area contributed by atoms with E-state index in [1.807, 2.05) is 0 Å². The SMILES string of the molecule is Cc1nnc(NC(=O)CCNS(=O)(=O)c2ccc(F)cc2)s1. The zero-order valence-corrected chi connectivity index (χ0v) is 13.2. The van der Waals surface area contributed by atoms with Crippen molar-refractivity contribution in [3.05, 3.63) is 35.1 Å². The van der Waals surface area contributed by atoms with Crippen LogP contribution in [0.25, 0.3) is 0 Å². The van der Waals surface area contributed by atoms with Crippen molar-refractivity contribution in [2.45, 2.75) is 18.2 Å². The molecule has 1 aromatic heterocycles. The Morgan fingerprint density at radius 2 is 1.95 bits per heavy atom. The minimum atomic E-state index is -3.76. The van der Waals surface area contributed by atoms with Gasteiger partial charge in [0.2, 0.25) is 21.1 Å². The number of carbonyl (C=O) groups excluding carboxylic acids is 1. The summed E-state index contributed by atoms with van der Waals surface area (Å²) in [4.78, 5) is 11.6. The van der Waals surface area contributed by atoms with Gasteiger partial charge in [-0.3, -0.25) is 4.79 Å². The summed E-state index contributed by atoms with van der Waals surface area (Å²) < 4.78 is 38.8. The largest absolute Gasteiger partial charge is 0.300 e. The summed E-state index contributed by atoms with van der Waals surface area (Å²) in [6.45, 7) is 1.67. The fraction of sp³-hybridized carbons (Fsp3) is 0.250. The quantitative estimate of drug-likeness (QED) is 0.822. The molecule has 22 heavy (non-hydrogen) atoms. The van der Waals surface area contributed by atoms with Crippen LogP contribution in [0.2, 0.25) is 0 Å². The van der Waals surface area contributed by atoms with Crippen molar-refractivity contribution in [3.63, 3.8) is 0 Å². The Morgan fingerprint density at radius 3 is 2.55 bits per heavy atom. The van der Waals surface area contributed by atoms with E-state index in [1.54, 1.807) is 6.92 Å². The van der Waals surface area contributed by atoms with Crippen LogP contribution >= 0.6 is 11.3 Å². The minimum Gasteiger partial charge on any atom is -0.300 e. The zero-order valence-electron chi connectivity index (χ0n) is 11.5. The highest BCUT2D eigenvalue weighted by Crippen LogP contribution is 2.13. The third-order valence-electron chi connectivity index (χ3n) is 2.54. The number of sulfonamides is 1. The molecule has 0 aliphatic carbocycles. The Bertz CT molecular complexity index is 759. The first-order valence-electron chi connectivity index (χ1n) is 6.22. The van der Waals surface area contributed by atoms with Gasteiger partial charge in [0.15, 0.2) is 0 Å². The van der Waals surface area contributed by atoms with E-state index in [0.717, 1.165) is 24.3 Å². The predicted molar refractivity (Wildman–Crippen MR) is 79.5 cm³/mol. The number of nitrogens with zero attached hydrogens (tertiary/aromatic N) is 2. The van der Waals surface area contributed by atoms with Crippen molar-refractivity contribution in [1.82, 2.24) is 14.9 Å². The zero-order chi connectivity index (χ0) is 16.2. The van der Waals surface area contributed by atoms with E-state index in [2.05, 4.69) is 20.2 Å². The molecule has 118 valence electrons. The maximum atomic E-state index is 12.8. The number of nitrogens with one attached hydrogen (secondary N) is 2. The third kappa shape index (κ3) is 4.55. The van der Waals surface area contributed by atoms with Crippen molar-refractivity contribution < 1.29 is 17.6 Å². The van der Waals surface area contributed by atoms with Gasteiger partial charge < -0.3 is 5.32 Å². The van der Waals surface area contributed by atoms with Crippen LogP contribution in [-0.4, -0.2) is 31.1 Å². The van der Waals surface area contributed by atoms with Crippen LogP contribution in [0.3, 0.4) is 0 Å². The monoisotopic (exact) mass is 344 g/mol. The molecule has 10 heteroatoms. The molecular weight excluding hydrogens is 331 g/mol. The molecule has 0 saturated heterocycles. The van der Waals surface area contributed by atoms with Gasteiger partial charge in [-0.1, -0.05) is 11.3 Å². The standard InChI is InChI=1S/C12H13FN4O3S2/c1-8-16-17-12(21-8)15-11(18)6-7-14-22(19,20)10-4-2-9(13)3-5-10/h2-5,14H,6-7H2,1H3,(H,15,17,18). The summed E-state index contributed by atoms with van der Waals surface area (Å²) in [7, 11) is -3.76. The fourth-order valence-corrected chi connectivity index (χ4v) is 3.16. The molecule has 7 nitrogen and oxygen atoms in total. The van der Waals surface area contributed by atoms with Gasteiger partial charge in [0.25, 0.3) is 0 Å². The van der Waals surface area contributed by atoms with Crippen molar-refractivity contribution in [2.24, 2.45) is 0 Å². The number of aryl methyl sites for hydroxylation is 1. The molecule has 0 bridgehead atoms. The molecule has 0 aliphatic rings. The third-order valence-corrected chi connectivity index (χ3v) is 4.77. The molecule has 0 atom stereocenters. The Labute approximate surface area is 130 Å². The second kappa shape index (κ2) is 6.90. The molecule has 0 aliphatic heterocycles. The first-order valence-corrected chi connectivity index (χ1v) is 8.52. The lowest BCUT2D eigenvalue weighted by atomic mass is 10.4. The van der Waals surface area contributed by atoms with E-state index >= 15 is 0 Å². The number of rotatable bonds is 6. The number of amides is 1. The van der Waals surface area contributed by atoms with Crippen molar-refractivity contribution in [3.8, 4) is 0 Å². The number of hydrogen-bond acceptors (Lipinski definition) is 6. The molecule has 0 radical (unpaired) electrons. The summed E-state index contributed by atoms with van der Waals surface area (Å²) in [5.74, 6) is -0.899. The highest BCUT2D eigenvalue weighted by molar-refractivity contribution is 7.89. The Balaban J connectivity index is 1.84. The smallest absolute Gasteiger partial charge is 0.240 e. The van der Waals surface area contributed by atoms with Gasteiger partial charge in [0, 0.05) is 13.0 Å². The molecule has 2 aromatic rings. The lowest BCUT2D eigenvalue weighted by Crippen LogP contribution is -2.27. The second-order valence-electron chi connectivity index (χ2n) is 4.28. The molecule has 1 amide bonds. The van der Waals surface area contributed by atoms with Gasteiger partial charge in [-0.25, -0.2) is 17.5 Å². The number of anilines is 1. The van der Waals surface area contributed by atoms with E-state index in [4.69, 9.17) is 0 Å². The van der Waals surface area contributed by atoms with Crippen LogP contribution in [0.1, 0.15) is 11.4 Å². The molecular formula is C12H13FN4O3S2. The molecule has 2 rings (SSSR count). The van der Waals surface area contributed by atoms with E-state index in [1.165, 1.54) is 11.3 Å². The number of hydrogen-bond donors (Lipinski definition) is 2. The fourth-order valence-electron chi connectivity index (χ4n) is 1.52. The van der Waals surface area contributed by atoms with E-state index in [0.29, 0.717) is 10.1 Å². The summed E-state index contributed by atoms with van der Waals surface area (Å²) in [5.41, 5.74) is 0. The van der Waals surface area contributed by atoms with E-state index in [9.17, 15) is 17.6 Å². The van der Waals surface area contributed by atoms with Crippen LogP contribution in [0, 0.1) is 12.7 Å². The maximum Gasteiger partial charge on any atom is 0.240 e. The Hall–Kier alpha value is -1.91. The number of halogens is 1. The van der Waals surface area contributed by atoms with Crippen LogP contribution in [0.5, 0.6) is 0 Å². The maximum absolute atomic E-state index is 12.8. The van der Waals surface area contributed by atoms with Crippen LogP contribution in [-0.2, 0) is 14.8 Å². The first kappa shape index (κ1) is 16.5. The Kier molecular flexibility index (Phi) is 5.16. The summed E-state index contributed by atoms with van der Waals surface area (Å²) in [6, 6.07) is 4.42. The van der Waals surface area contributed by atoms with Gasteiger partial charge in [-0.05, 0) is 31.2 Å². The van der Waals surface area contributed by atoms with Gasteiger partial charge in [0.05, 0.1) is 4.90 Å². The van der Waals surface area contributed by atoms with E-state index < -0.39 is 15.8 Å². The van der Waals surface area contributed by atoms with Crippen molar-refractivity contribution in [1.29, 1.82) is 0 Å². The molecule has 0 unspecified atom stereocenters. The number of benzene rings is 1. The van der Waals surface area contributed by atoms with Crippen molar-refractivity contribution >= 4 is 32.4 Å². The van der Waals surface area contributed by atoms with Gasteiger partial charge >= 0.3 is 0 Å². The first-order chi connectivity index (χ1) is 10.4. The normalized spacial score (nSPS) is 11.4. The molecule has 0 saturated carbocycles. The van der Waals surface area contributed by atoms with Gasteiger partial charge in [-0.15, -0.1) is 10.2 Å². The number of carbonyl (C=O) groups is 1. The lowest BCUT2D eigenvalue weighted by molar-refractivity contribution is -0.116. The molecule has 1 aromatic carbocycles. The van der Waals surface area contributed by atoms with Crippen LogP contribution in [0.4, 0.5) is 9.52 Å². The highest BCUT2D eigenvalue weighted by atomic mass is 32.2.